The molecule has 7 nitrogen and oxygen atoms in total. The van der Waals surface area contributed by atoms with Crippen molar-refractivity contribution in [1.29, 1.82) is 0 Å². The van der Waals surface area contributed by atoms with Gasteiger partial charge in [-0.2, -0.15) is 0 Å². The number of benzene rings is 1. The summed E-state index contributed by atoms with van der Waals surface area (Å²) in [4.78, 5) is 22.6. The van der Waals surface area contributed by atoms with Crippen molar-refractivity contribution < 1.29 is 28.6 Å². The fourth-order valence-electron chi connectivity index (χ4n) is 2.40. The minimum absolute atomic E-state index is 0.247. The molecule has 0 radical (unpaired) electrons. The Bertz CT molecular complexity index is 785. The summed E-state index contributed by atoms with van der Waals surface area (Å²) in [7, 11) is 0. The fourth-order valence-corrected chi connectivity index (χ4v) is 2.40. The van der Waals surface area contributed by atoms with E-state index in [4.69, 9.17) is 13.9 Å². The zero-order valence-electron chi connectivity index (χ0n) is 12.4. The fraction of sp³-hybridized carbons (Fsp3) is 0.250. The number of nitrogens with one attached hydrogen (secondary N) is 1. The lowest BCUT2D eigenvalue weighted by molar-refractivity contribution is -0.134. The van der Waals surface area contributed by atoms with Gasteiger partial charge < -0.3 is 24.3 Å². The molecule has 0 saturated carbocycles. The van der Waals surface area contributed by atoms with Gasteiger partial charge in [0, 0.05) is 17.9 Å². The smallest absolute Gasteiger partial charge is 0.352 e. The van der Waals surface area contributed by atoms with Crippen LogP contribution in [0.25, 0.3) is 17.0 Å². The average Bonchev–Trinajstić information content (AvgIpc) is 3.13. The summed E-state index contributed by atoms with van der Waals surface area (Å²) in [5, 5.41) is 12.3. The number of carboxylic acids is 1. The molecule has 120 valence electrons. The van der Waals surface area contributed by atoms with E-state index in [1.165, 1.54) is 13.0 Å². The van der Waals surface area contributed by atoms with Crippen LogP contribution in [0.4, 0.5) is 0 Å². The number of rotatable bonds is 4. The number of carbonyl (C=O) groups excluding carboxylic acids is 1. The van der Waals surface area contributed by atoms with Crippen molar-refractivity contribution in [2.24, 2.45) is 0 Å². The van der Waals surface area contributed by atoms with Gasteiger partial charge in [-0.3, -0.25) is 4.79 Å². The predicted molar refractivity (Wildman–Crippen MR) is 80.3 cm³/mol. The SMILES string of the molecule is CC(=O)N/C(=C/c1c(C2OCCO2)oc2ccccc12)C(=O)O. The number of amides is 1. The second kappa shape index (κ2) is 6.23. The molecule has 1 aromatic heterocycles. The minimum Gasteiger partial charge on any atom is -0.477 e. The minimum atomic E-state index is -1.25. The van der Waals surface area contributed by atoms with Gasteiger partial charge in [0.05, 0.1) is 13.2 Å². The highest BCUT2D eigenvalue weighted by Crippen LogP contribution is 2.35. The molecule has 1 fully saturated rings. The van der Waals surface area contributed by atoms with Crippen molar-refractivity contribution in [2.45, 2.75) is 13.2 Å². The maximum absolute atomic E-state index is 11.4. The second-order valence-electron chi connectivity index (χ2n) is 4.99. The quantitative estimate of drug-likeness (QED) is 0.837. The summed E-state index contributed by atoms with van der Waals surface area (Å²) >= 11 is 0. The summed E-state index contributed by atoms with van der Waals surface area (Å²) in [6, 6.07) is 7.19. The molecule has 2 N–H and O–H groups in total. The van der Waals surface area contributed by atoms with Crippen LogP contribution in [0, 0.1) is 0 Å². The first-order valence-electron chi connectivity index (χ1n) is 7.03. The largest absolute Gasteiger partial charge is 0.477 e. The van der Waals surface area contributed by atoms with Gasteiger partial charge in [0.25, 0.3) is 0 Å². The molecule has 0 atom stereocenters. The van der Waals surface area contributed by atoms with Crippen molar-refractivity contribution in [3.63, 3.8) is 0 Å². The maximum atomic E-state index is 11.4. The molecule has 1 aliphatic heterocycles. The van der Waals surface area contributed by atoms with Crippen molar-refractivity contribution in [3.05, 3.63) is 41.3 Å². The number of furan rings is 1. The summed E-state index contributed by atoms with van der Waals surface area (Å²) in [5.41, 5.74) is 0.849. The van der Waals surface area contributed by atoms with Gasteiger partial charge in [0.15, 0.2) is 5.76 Å². The van der Waals surface area contributed by atoms with E-state index in [1.807, 2.05) is 12.1 Å². The van der Waals surface area contributed by atoms with Crippen molar-refractivity contribution in [2.75, 3.05) is 13.2 Å². The Balaban J connectivity index is 2.15. The Hall–Kier alpha value is -2.64. The van der Waals surface area contributed by atoms with Gasteiger partial charge in [0.2, 0.25) is 12.2 Å². The van der Waals surface area contributed by atoms with E-state index in [0.717, 1.165) is 0 Å². The lowest BCUT2D eigenvalue weighted by Crippen LogP contribution is -2.24. The van der Waals surface area contributed by atoms with Crippen molar-refractivity contribution >= 4 is 28.9 Å². The number of hydrogen-bond acceptors (Lipinski definition) is 5. The number of carbonyl (C=O) groups is 2. The van der Waals surface area contributed by atoms with E-state index in [9.17, 15) is 14.7 Å². The molecule has 0 aliphatic carbocycles. The molecule has 23 heavy (non-hydrogen) atoms. The average molecular weight is 317 g/mol. The molecule has 0 unspecified atom stereocenters. The van der Waals surface area contributed by atoms with Gasteiger partial charge in [0.1, 0.15) is 11.3 Å². The third-order valence-electron chi connectivity index (χ3n) is 3.33. The number of carboxylic acid groups (broad SMARTS) is 1. The molecular formula is C16H15NO6. The third-order valence-corrected chi connectivity index (χ3v) is 3.33. The van der Waals surface area contributed by atoms with E-state index < -0.39 is 18.2 Å². The lowest BCUT2D eigenvalue weighted by atomic mass is 10.1. The highest BCUT2D eigenvalue weighted by molar-refractivity contribution is 5.99. The monoisotopic (exact) mass is 317 g/mol. The number of ether oxygens (including phenoxy) is 2. The predicted octanol–water partition coefficient (Wildman–Crippen LogP) is 2.04. The molecule has 1 aromatic carbocycles. The van der Waals surface area contributed by atoms with Gasteiger partial charge in [-0.05, 0) is 12.1 Å². The van der Waals surface area contributed by atoms with Crippen LogP contribution in [-0.2, 0) is 19.1 Å². The van der Waals surface area contributed by atoms with Crippen LogP contribution in [0.15, 0.2) is 34.4 Å². The van der Waals surface area contributed by atoms with E-state index in [2.05, 4.69) is 5.32 Å². The second-order valence-corrected chi connectivity index (χ2v) is 4.99. The zero-order valence-corrected chi connectivity index (χ0v) is 12.4. The van der Waals surface area contributed by atoms with Gasteiger partial charge in [-0.25, -0.2) is 4.79 Å². The highest BCUT2D eigenvalue weighted by atomic mass is 16.7. The maximum Gasteiger partial charge on any atom is 0.352 e. The Labute approximate surface area is 131 Å². The Morgan fingerprint density at radius 1 is 1.26 bits per heavy atom. The van der Waals surface area contributed by atoms with E-state index >= 15 is 0 Å². The number of fused-ring (bicyclic) bond motifs is 1. The van der Waals surface area contributed by atoms with Gasteiger partial charge in [-0.15, -0.1) is 0 Å². The molecule has 0 spiro atoms. The summed E-state index contributed by atoms with van der Waals surface area (Å²) < 4.78 is 16.7. The van der Waals surface area contributed by atoms with Crippen LogP contribution in [0.2, 0.25) is 0 Å². The van der Waals surface area contributed by atoms with Crippen LogP contribution >= 0.6 is 0 Å². The van der Waals surface area contributed by atoms with Crippen LogP contribution in [-0.4, -0.2) is 30.2 Å². The first-order chi connectivity index (χ1) is 11.1. The van der Waals surface area contributed by atoms with Crippen molar-refractivity contribution in [3.8, 4) is 0 Å². The number of hydrogen-bond donors (Lipinski definition) is 2. The molecular weight excluding hydrogens is 302 g/mol. The van der Waals surface area contributed by atoms with Crippen LogP contribution in [0.1, 0.15) is 24.5 Å². The lowest BCUT2D eigenvalue weighted by Gasteiger charge is -2.08. The standard InChI is InChI=1S/C16H15NO6/c1-9(18)17-12(15(19)20)8-11-10-4-2-3-5-13(10)23-14(11)16-21-6-7-22-16/h2-5,8,16H,6-7H2,1H3,(H,17,18)(H,19,20)/b12-8+. The van der Waals surface area contributed by atoms with Crippen molar-refractivity contribution in [1.82, 2.24) is 5.32 Å². The molecule has 2 heterocycles. The van der Waals surface area contributed by atoms with E-state index in [0.29, 0.717) is 35.5 Å². The number of aliphatic carboxylic acids is 1. The van der Waals surface area contributed by atoms with Gasteiger partial charge >= 0.3 is 5.97 Å². The van der Waals surface area contributed by atoms with Crippen LogP contribution in [0.5, 0.6) is 0 Å². The Kier molecular flexibility index (Phi) is 4.14. The van der Waals surface area contributed by atoms with E-state index in [-0.39, 0.29) is 5.70 Å². The Morgan fingerprint density at radius 3 is 2.61 bits per heavy atom. The molecule has 7 heteroatoms. The summed E-state index contributed by atoms with van der Waals surface area (Å²) in [6.07, 6.45) is 0.664. The first kappa shape index (κ1) is 15.3. The summed E-state index contributed by atoms with van der Waals surface area (Å²) in [5.74, 6) is -1.33. The normalized spacial score (nSPS) is 16.0. The number of para-hydroxylation sites is 1. The molecule has 3 rings (SSSR count). The molecule has 2 aromatic rings. The van der Waals surface area contributed by atoms with Crippen LogP contribution in [0.3, 0.4) is 0 Å². The van der Waals surface area contributed by atoms with Crippen LogP contribution < -0.4 is 5.32 Å². The van der Waals surface area contributed by atoms with Gasteiger partial charge in [-0.1, -0.05) is 18.2 Å². The third kappa shape index (κ3) is 3.10. The molecule has 1 amide bonds. The Morgan fingerprint density at radius 2 is 1.96 bits per heavy atom. The highest BCUT2D eigenvalue weighted by Gasteiger charge is 2.27. The molecule has 0 bridgehead atoms. The zero-order chi connectivity index (χ0) is 16.4. The summed E-state index contributed by atoms with van der Waals surface area (Å²) in [6.45, 7) is 2.11. The first-order valence-corrected chi connectivity index (χ1v) is 7.03. The topological polar surface area (TPSA) is 98.0 Å². The molecule has 1 saturated heterocycles. The van der Waals surface area contributed by atoms with E-state index in [1.54, 1.807) is 12.1 Å². The molecule has 1 aliphatic rings.